The van der Waals surface area contributed by atoms with Crippen LogP contribution in [0, 0.1) is 0 Å². The second kappa shape index (κ2) is 10.1. The number of oxime groups is 1. The summed E-state index contributed by atoms with van der Waals surface area (Å²) in [5.74, 6) is 0.773. The van der Waals surface area contributed by atoms with Gasteiger partial charge in [-0.3, -0.25) is 9.69 Å². The molecule has 1 unspecified atom stereocenters. The van der Waals surface area contributed by atoms with Gasteiger partial charge < -0.3 is 14.5 Å². The monoisotopic (exact) mass is 455 g/mol. The number of methoxy groups -OCH3 is 1. The van der Waals surface area contributed by atoms with Crippen LogP contribution in [0.25, 0.3) is 0 Å². The van der Waals surface area contributed by atoms with E-state index in [4.69, 9.17) is 9.57 Å². The summed E-state index contributed by atoms with van der Waals surface area (Å²) in [4.78, 5) is 23.1. The van der Waals surface area contributed by atoms with Crippen molar-refractivity contribution in [3.63, 3.8) is 0 Å². The van der Waals surface area contributed by atoms with Gasteiger partial charge in [0, 0.05) is 38.2 Å². The Hall–Kier alpha value is -3.64. The maximum atomic E-state index is 13.2. The minimum absolute atomic E-state index is 0.0114. The van der Waals surface area contributed by atoms with Gasteiger partial charge in [-0.25, -0.2) is 0 Å². The molecule has 174 valence electrons. The molecule has 0 N–H and O–H groups in total. The quantitative estimate of drug-likeness (QED) is 0.561. The molecule has 1 fully saturated rings. The van der Waals surface area contributed by atoms with Crippen molar-refractivity contribution in [3.05, 3.63) is 102 Å². The first kappa shape index (κ1) is 22.2. The van der Waals surface area contributed by atoms with Crippen LogP contribution in [0.2, 0.25) is 0 Å². The number of amides is 1. The first-order chi connectivity index (χ1) is 16.7. The van der Waals surface area contributed by atoms with Crippen LogP contribution in [0.15, 0.2) is 90.1 Å². The molecular weight excluding hydrogens is 426 g/mol. The van der Waals surface area contributed by atoms with Crippen LogP contribution >= 0.6 is 0 Å². The number of piperazine rings is 1. The molecule has 3 aromatic rings. The van der Waals surface area contributed by atoms with E-state index in [1.54, 1.807) is 7.11 Å². The molecule has 0 saturated carbocycles. The molecule has 0 radical (unpaired) electrons. The minimum Gasteiger partial charge on any atom is -0.497 e. The molecule has 3 aromatic carbocycles. The Kier molecular flexibility index (Phi) is 6.58. The van der Waals surface area contributed by atoms with Crippen LogP contribution in [0.1, 0.15) is 29.2 Å². The first-order valence-corrected chi connectivity index (χ1v) is 11.7. The lowest BCUT2D eigenvalue weighted by atomic mass is 9.96. The molecule has 1 saturated heterocycles. The zero-order valence-electron chi connectivity index (χ0n) is 19.3. The Labute approximate surface area is 200 Å². The number of hydrogen-bond acceptors (Lipinski definition) is 5. The maximum absolute atomic E-state index is 13.2. The van der Waals surface area contributed by atoms with E-state index in [0.29, 0.717) is 19.5 Å². The number of carbonyl (C=O) groups is 1. The van der Waals surface area contributed by atoms with Gasteiger partial charge in [-0.1, -0.05) is 78.0 Å². The molecule has 1 atom stereocenters. The van der Waals surface area contributed by atoms with Gasteiger partial charge in [-0.2, -0.15) is 0 Å². The van der Waals surface area contributed by atoms with Crippen LogP contribution in [-0.4, -0.2) is 60.8 Å². The van der Waals surface area contributed by atoms with Gasteiger partial charge in [0.05, 0.1) is 18.9 Å². The second-order valence-corrected chi connectivity index (χ2v) is 8.65. The third kappa shape index (κ3) is 4.68. The first-order valence-electron chi connectivity index (χ1n) is 11.7. The largest absolute Gasteiger partial charge is 0.497 e. The summed E-state index contributed by atoms with van der Waals surface area (Å²) < 4.78 is 5.30. The molecule has 34 heavy (non-hydrogen) atoms. The summed E-state index contributed by atoms with van der Waals surface area (Å²) in [6.07, 6.45) is -0.0881. The summed E-state index contributed by atoms with van der Waals surface area (Å²) in [6, 6.07) is 29.0. The Morgan fingerprint density at radius 2 is 1.56 bits per heavy atom. The summed E-state index contributed by atoms with van der Waals surface area (Å²) >= 11 is 0. The predicted octanol–water partition coefficient (Wildman–Crippen LogP) is 4.12. The number of carbonyl (C=O) groups excluding carboxylic acids is 1. The highest BCUT2D eigenvalue weighted by atomic mass is 16.6. The van der Waals surface area contributed by atoms with Gasteiger partial charge in [0.2, 0.25) is 6.10 Å². The normalized spacial score (nSPS) is 18.5. The Morgan fingerprint density at radius 3 is 2.18 bits per heavy atom. The van der Waals surface area contributed by atoms with Crippen molar-refractivity contribution < 1.29 is 14.4 Å². The summed E-state index contributed by atoms with van der Waals surface area (Å²) in [5, 5.41) is 4.20. The second-order valence-electron chi connectivity index (χ2n) is 8.65. The SMILES string of the molecule is COc1cccc(C2=NOC(C(=O)N3CCN(C(c4ccccc4)c4ccccc4)CC3)C2)c1. The van der Waals surface area contributed by atoms with Crippen molar-refractivity contribution in [2.75, 3.05) is 33.3 Å². The van der Waals surface area contributed by atoms with E-state index in [-0.39, 0.29) is 11.9 Å². The average Bonchev–Trinajstić information content (AvgIpc) is 3.41. The fourth-order valence-electron chi connectivity index (χ4n) is 4.77. The van der Waals surface area contributed by atoms with Gasteiger partial charge in [0.1, 0.15) is 5.75 Å². The van der Waals surface area contributed by atoms with Crippen LogP contribution in [-0.2, 0) is 9.63 Å². The number of nitrogens with zero attached hydrogens (tertiary/aromatic N) is 3. The smallest absolute Gasteiger partial charge is 0.266 e. The maximum Gasteiger partial charge on any atom is 0.266 e. The number of benzene rings is 3. The van der Waals surface area contributed by atoms with E-state index in [1.807, 2.05) is 41.3 Å². The van der Waals surface area contributed by atoms with Gasteiger partial charge in [-0.15, -0.1) is 0 Å². The number of rotatable bonds is 6. The van der Waals surface area contributed by atoms with Crippen LogP contribution < -0.4 is 4.74 Å². The van der Waals surface area contributed by atoms with Gasteiger partial charge >= 0.3 is 0 Å². The van der Waals surface area contributed by atoms with Crippen LogP contribution in [0.5, 0.6) is 5.75 Å². The molecule has 0 aromatic heterocycles. The van der Waals surface area contributed by atoms with Crippen molar-refractivity contribution >= 4 is 11.6 Å². The lowest BCUT2D eigenvalue weighted by Crippen LogP contribution is -2.52. The highest BCUT2D eigenvalue weighted by molar-refractivity contribution is 6.04. The van der Waals surface area contributed by atoms with E-state index >= 15 is 0 Å². The fraction of sp³-hybridized carbons (Fsp3) is 0.286. The molecule has 0 aliphatic carbocycles. The molecule has 2 heterocycles. The van der Waals surface area contributed by atoms with Gasteiger partial charge in [0.15, 0.2) is 0 Å². The summed E-state index contributed by atoms with van der Waals surface area (Å²) in [6.45, 7) is 2.94. The standard InChI is InChI=1S/C28H29N3O3/c1-33-24-14-8-13-23(19-24)25-20-26(34-29-25)28(32)31-17-15-30(16-18-31)27(21-9-4-2-5-10-21)22-11-6-3-7-12-22/h2-14,19,26-27H,15-18,20H2,1H3. The molecule has 5 rings (SSSR count). The molecule has 2 aliphatic heterocycles. The molecule has 6 heteroatoms. The summed E-state index contributed by atoms with van der Waals surface area (Å²) in [7, 11) is 1.64. The van der Waals surface area contributed by atoms with Crippen molar-refractivity contribution in [2.24, 2.45) is 5.16 Å². The Bertz CT molecular complexity index is 1100. The third-order valence-electron chi connectivity index (χ3n) is 6.57. The van der Waals surface area contributed by atoms with Crippen LogP contribution in [0.4, 0.5) is 0 Å². The summed E-state index contributed by atoms with van der Waals surface area (Å²) in [5.41, 5.74) is 4.24. The Morgan fingerprint density at radius 1 is 0.912 bits per heavy atom. The molecule has 2 aliphatic rings. The zero-order valence-corrected chi connectivity index (χ0v) is 19.3. The van der Waals surface area contributed by atoms with E-state index in [1.165, 1.54) is 11.1 Å². The lowest BCUT2D eigenvalue weighted by Gasteiger charge is -2.40. The average molecular weight is 456 g/mol. The minimum atomic E-state index is -0.563. The van der Waals surface area contributed by atoms with Crippen molar-refractivity contribution in [1.29, 1.82) is 0 Å². The van der Waals surface area contributed by atoms with Gasteiger partial charge in [-0.05, 0) is 23.3 Å². The van der Waals surface area contributed by atoms with Crippen molar-refractivity contribution in [1.82, 2.24) is 9.80 Å². The molecule has 0 spiro atoms. The van der Waals surface area contributed by atoms with E-state index in [9.17, 15) is 4.79 Å². The molecule has 6 nitrogen and oxygen atoms in total. The fourth-order valence-corrected chi connectivity index (χ4v) is 4.77. The van der Waals surface area contributed by atoms with E-state index in [0.717, 1.165) is 30.1 Å². The Balaban J connectivity index is 1.23. The topological polar surface area (TPSA) is 54.4 Å². The highest BCUT2D eigenvalue weighted by Crippen LogP contribution is 2.30. The van der Waals surface area contributed by atoms with Crippen molar-refractivity contribution in [2.45, 2.75) is 18.6 Å². The number of hydrogen-bond donors (Lipinski definition) is 0. The van der Waals surface area contributed by atoms with Crippen LogP contribution in [0.3, 0.4) is 0 Å². The lowest BCUT2D eigenvalue weighted by molar-refractivity contribution is -0.144. The third-order valence-corrected chi connectivity index (χ3v) is 6.57. The predicted molar refractivity (Wildman–Crippen MR) is 132 cm³/mol. The van der Waals surface area contributed by atoms with Gasteiger partial charge in [0.25, 0.3) is 5.91 Å². The molecule has 1 amide bonds. The highest BCUT2D eigenvalue weighted by Gasteiger charge is 2.35. The molecular formula is C28H29N3O3. The van der Waals surface area contributed by atoms with E-state index < -0.39 is 6.10 Å². The van der Waals surface area contributed by atoms with E-state index in [2.05, 4.69) is 58.6 Å². The zero-order chi connectivity index (χ0) is 23.3. The molecule has 0 bridgehead atoms. The van der Waals surface area contributed by atoms with Crippen molar-refractivity contribution in [3.8, 4) is 5.75 Å². The number of ether oxygens (including phenoxy) is 1.